The fourth-order valence-corrected chi connectivity index (χ4v) is 2.74. The Morgan fingerprint density at radius 2 is 2.32 bits per heavy atom. The van der Waals surface area contributed by atoms with Crippen LogP contribution in [-0.2, 0) is 4.74 Å². The van der Waals surface area contributed by atoms with Crippen molar-refractivity contribution in [2.24, 2.45) is 4.99 Å². The average Bonchev–Trinajstić information content (AvgIpc) is 2.41. The summed E-state index contributed by atoms with van der Waals surface area (Å²) < 4.78 is 11.7. The third-order valence-electron chi connectivity index (χ3n) is 3.60. The summed E-state index contributed by atoms with van der Waals surface area (Å²) in [6.45, 7) is 1.31. The molecule has 19 heavy (non-hydrogen) atoms. The van der Waals surface area contributed by atoms with Gasteiger partial charge in [0, 0.05) is 18.6 Å². The van der Waals surface area contributed by atoms with Gasteiger partial charge in [0.05, 0.1) is 12.3 Å². The van der Waals surface area contributed by atoms with E-state index in [1.807, 2.05) is 18.3 Å². The molecule has 0 aliphatic carbocycles. The second-order valence-electron chi connectivity index (χ2n) is 5.03. The molecule has 1 saturated heterocycles. The van der Waals surface area contributed by atoms with Gasteiger partial charge in [-0.1, -0.05) is 17.6 Å². The fourth-order valence-electron chi connectivity index (χ4n) is 2.74. The van der Waals surface area contributed by atoms with Gasteiger partial charge in [0.15, 0.2) is 0 Å². The number of hydrogen-bond donors (Lipinski definition) is 0. The second kappa shape index (κ2) is 4.71. The molecule has 0 saturated carbocycles. The minimum absolute atomic E-state index is 0.378. The summed E-state index contributed by atoms with van der Waals surface area (Å²) >= 11 is 0. The van der Waals surface area contributed by atoms with Crippen molar-refractivity contribution in [2.75, 3.05) is 13.2 Å². The van der Waals surface area contributed by atoms with E-state index in [-0.39, 0.29) is 5.60 Å². The van der Waals surface area contributed by atoms with E-state index in [0.717, 1.165) is 36.5 Å². The lowest BCUT2D eigenvalue weighted by Gasteiger charge is -2.41. The van der Waals surface area contributed by atoms with Crippen LogP contribution < -0.4 is 10.2 Å². The Morgan fingerprint density at radius 3 is 3.05 bits per heavy atom. The van der Waals surface area contributed by atoms with Gasteiger partial charge in [-0.15, -0.1) is 0 Å². The van der Waals surface area contributed by atoms with E-state index in [9.17, 15) is 0 Å². The van der Waals surface area contributed by atoms with Crippen LogP contribution in [0.1, 0.15) is 24.8 Å². The molecule has 0 N–H and O–H groups in total. The van der Waals surface area contributed by atoms with Gasteiger partial charge in [0.2, 0.25) is 6.19 Å². The maximum atomic E-state index is 8.86. The zero-order valence-electron chi connectivity index (χ0n) is 10.6. The molecule has 94 valence electrons. The number of hydrogen-bond acceptors (Lipinski definition) is 4. The van der Waals surface area contributed by atoms with E-state index in [2.05, 4.69) is 4.99 Å². The summed E-state index contributed by atoms with van der Waals surface area (Å²) in [5.41, 5.74) is 1.82. The molecule has 1 fully saturated rings. The van der Waals surface area contributed by atoms with E-state index < -0.39 is 0 Å². The number of nitriles is 1. The Morgan fingerprint density at radius 1 is 1.42 bits per heavy atom. The van der Waals surface area contributed by atoms with E-state index >= 15 is 0 Å². The Kier molecular flexibility index (Phi) is 3.04. The number of aliphatic imine (C=N–C) groups is 1. The van der Waals surface area contributed by atoms with Crippen molar-refractivity contribution in [1.82, 2.24) is 0 Å². The van der Waals surface area contributed by atoms with Gasteiger partial charge >= 0.3 is 0 Å². The fraction of sp³-hybridized carbons (Fsp3) is 0.429. The predicted octanol–water partition coefficient (Wildman–Crippen LogP) is 1.08. The molecule has 4 nitrogen and oxygen atoms in total. The molecule has 2 aliphatic rings. The summed E-state index contributed by atoms with van der Waals surface area (Å²) in [5, 5.41) is 8.86. The van der Waals surface area contributed by atoms with Gasteiger partial charge in [-0.05, 0) is 18.9 Å². The van der Waals surface area contributed by atoms with Crippen molar-refractivity contribution >= 4 is 19.0 Å². The molecule has 5 heteroatoms. The summed E-state index contributed by atoms with van der Waals surface area (Å²) in [7, 11) is 5.79. The zero-order valence-corrected chi connectivity index (χ0v) is 10.6. The third kappa shape index (κ3) is 2.24. The second-order valence-corrected chi connectivity index (χ2v) is 5.03. The maximum Gasteiger partial charge on any atom is 0.205 e. The highest BCUT2D eigenvalue weighted by atomic mass is 16.5. The number of ether oxygens (including phenoxy) is 2. The van der Waals surface area contributed by atoms with E-state index in [0.29, 0.717) is 18.5 Å². The van der Waals surface area contributed by atoms with Crippen LogP contribution in [-0.4, -0.2) is 32.4 Å². The SMILES string of the molecule is [B]c1ccc2c(c1)C(=NC#N)CC1(CCCOC1)O2. The predicted molar refractivity (Wildman–Crippen MR) is 72.0 cm³/mol. The van der Waals surface area contributed by atoms with Crippen molar-refractivity contribution in [3.05, 3.63) is 23.8 Å². The lowest BCUT2D eigenvalue weighted by atomic mass is 9.83. The molecular weight excluding hydrogens is 239 g/mol. The van der Waals surface area contributed by atoms with Gasteiger partial charge in [-0.3, -0.25) is 0 Å². The molecule has 0 amide bonds. The summed E-state index contributed by atoms with van der Waals surface area (Å²) in [4.78, 5) is 3.95. The minimum atomic E-state index is -0.378. The smallest absolute Gasteiger partial charge is 0.205 e. The molecular formula is C14H13BN2O2. The summed E-state index contributed by atoms with van der Waals surface area (Å²) in [5.74, 6) is 0.736. The summed E-state index contributed by atoms with van der Waals surface area (Å²) in [6, 6.07) is 5.45. The van der Waals surface area contributed by atoms with Crippen LogP contribution in [0, 0.1) is 11.5 Å². The highest BCUT2D eigenvalue weighted by Crippen LogP contribution is 2.37. The Bertz CT molecular complexity index is 571. The first-order valence-electron chi connectivity index (χ1n) is 6.35. The zero-order chi connectivity index (χ0) is 13.3. The van der Waals surface area contributed by atoms with Crippen molar-refractivity contribution in [1.29, 1.82) is 5.26 Å². The maximum absolute atomic E-state index is 8.86. The molecule has 2 aliphatic heterocycles. The Balaban J connectivity index is 2.05. The van der Waals surface area contributed by atoms with Gasteiger partial charge < -0.3 is 9.47 Å². The minimum Gasteiger partial charge on any atom is -0.484 e. The van der Waals surface area contributed by atoms with E-state index in [1.165, 1.54) is 0 Å². The van der Waals surface area contributed by atoms with E-state index in [1.54, 1.807) is 6.07 Å². The van der Waals surface area contributed by atoms with Crippen molar-refractivity contribution in [3.63, 3.8) is 0 Å². The molecule has 1 unspecified atom stereocenters. The van der Waals surface area contributed by atoms with Crippen molar-refractivity contribution in [3.8, 4) is 11.9 Å². The van der Waals surface area contributed by atoms with E-state index in [4.69, 9.17) is 22.6 Å². The largest absolute Gasteiger partial charge is 0.484 e. The first-order chi connectivity index (χ1) is 9.22. The quantitative estimate of drug-likeness (QED) is 0.513. The average molecular weight is 252 g/mol. The van der Waals surface area contributed by atoms with Gasteiger partial charge in [-0.25, -0.2) is 0 Å². The van der Waals surface area contributed by atoms with Crippen LogP contribution >= 0.6 is 0 Å². The normalized spacial score (nSPS) is 27.6. The molecule has 1 spiro atoms. The third-order valence-corrected chi connectivity index (χ3v) is 3.60. The number of rotatable bonds is 0. The highest BCUT2D eigenvalue weighted by Gasteiger charge is 2.41. The number of fused-ring (bicyclic) bond motifs is 1. The summed E-state index contributed by atoms with van der Waals surface area (Å²) in [6.07, 6.45) is 4.35. The molecule has 2 heterocycles. The van der Waals surface area contributed by atoms with Crippen LogP contribution in [0.2, 0.25) is 0 Å². The van der Waals surface area contributed by atoms with Crippen LogP contribution in [0.5, 0.6) is 5.75 Å². The standard InChI is InChI=1S/C14H13BN2O2/c15-10-2-3-13-11(6-10)12(17-9-16)7-14(19-13)4-1-5-18-8-14/h2-3,6H,1,4-5,7-8H2. The van der Waals surface area contributed by atoms with Crippen molar-refractivity contribution in [2.45, 2.75) is 24.9 Å². The molecule has 1 aromatic carbocycles. The Labute approximate surface area is 113 Å². The van der Waals surface area contributed by atoms with Crippen LogP contribution in [0.3, 0.4) is 0 Å². The highest BCUT2D eigenvalue weighted by molar-refractivity contribution is 6.33. The first kappa shape index (κ1) is 12.2. The topological polar surface area (TPSA) is 54.6 Å². The Hall–Kier alpha value is -1.80. The molecule has 0 aromatic heterocycles. The van der Waals surface area contributed by atoms with Gasteiger partial charge in [0.25, 0.3) is 0 Å². The lowest BCUT2D eigenvalue weighted by Crippen LogP contribution is -2.48. The first-order valence-corrected chi connectivity index (χ1v) is 6.35. The van der Waals surface area contributed by atoms with Crippen LogP contribution in [0.15, 0.2) is 23.2 Å². The molecule has 2 radical (unpaired) electrons. The van der Waals surface area contributed by atoms with Crippen LogP contribution in [0.4, 0.5) is 0 Å². The molecule has 1 aromatic rings. The van der Waals surface area contributed by atoms with Gasteiger partial charge in [0.1, 0.15) is 19.2 Å². The molecule has 3 rings (SSSR count). The number of benzene rings is 1. The molecule has 1 atom stereocenters. The van der Waals surface area contributed by atoms with Crippen LogP contribution in [0.25, 0.3) is 0 Å². The van der Waals surface area contributed by atoms with Crippen molar-refractivity contribution < 1.29 is 9.47 Å². The molecule has 0 bridgehead atoms. The lowest BCUT2D eigenvalue weighted by molar-refractivity contribution is -0.0661. The monoisotopic (exact) mass is 252 g/mol. The van der Waals surface area contributed by atoms with Gasteiger partial charge in [-0.2, -0.15) is 10.3 Å². The number of nitrogens with zero attached hydrogens (tertiary/aromatic N) is 2.